The second-order valence-corrected chi connectivity index (χ2v) is 6.22. The maximum absolute atomic E-state index is 12.7. The van der Waals surface area contributed by atoms with Crippen LogP contribution < -0.4 is 10.9 Å². The molecule has 1 aromatic heterocycles. The Balaban J connectivity index is 1.87. The average Bonchev–Trinajstić information content (AvgIpc) is 2.62. The Labute approximate surface area is 149 Å². The van der Waals surface area contributed by atoms with Gasteiger partial charge in [-0.2, -0.15) is 9.78 Å². The number of aliphatic carboxylic acids is 1. The van der Waals surface area contributed by atoms with Gasteiger partial charge in [0.05, 0.1) is 17.6 Å². The first kappa shape index (κ1) is 17.8. The molecule has 3 rings (SSSR count). The highest BCUT2D eigenvalue weighted by molar-refractivity contribution is 5.93. The Morgan fingerprint density at radius 3 is 2.50 bits per heavy atom. The number of aromatic nitrogens is 2. The molecular formula is C18H19N3O5. The van der Waals surface area contributed by atoms with Crippen molar-refractivity contribution < 1.29 is 19.4 Å². The molecule has 0 radical (unpaired) electrons. The highest BCUT2D eigenvalue weighted by atomic mass is 16.5. The molecule has 1 aliphatic rings. The molecule has 136 valence electrons. The number of rotatable bonds is 5. The van der Waals surface area contributed by atoms with Gasteiger partial charge in [-0.05, 0) is 31.0 Å². The van der Waals surface area contributed by atoms with E-state index in [1.165, 1.54) is 12.1 Å². The van der Waals surface area contributed by atoms with Crippen LogP contribution in [0.4, 0.5) is 0 Å². The van der Waals surface area contributed by atoms with Crippen LogP contribution in [0, 0.1) is 0 Å². The van der Waals surface area contributed by atoms with Gasteiger partial charge in [0, 0.05) is 19.3 Å². The van der Waals surface area contributed by atoms with E-state index in [-0.39, 0.29) is 17.7 Å². The number of carboxylic acid groups (broad SMARTS) is 1. The quantitative estimate of drug-likeness (QED) is 0.825. The van der Waals surface area contributed by atoms with Crippen molar-refractivity contribution in [3.8, 4) is 5.69 Å². The van der Waals surface area contributed by atoms with Gasteiger partial charge < -0.3 is 15.2 Å². The minimum absolute atomic E-state index is 0.0460. The molecule has 0 spiro atoms. The van der Waals surface area contributed by atoms with Gasteiger partial charge in [0.2, 0.25) is 0 Å². The third-order valence-corrected chi connectivity index (χ3v) is 4.35. The number of carboxylic acids is 1. The average molecular weight is 357 g/mol. The van der Waals surface area contributed by atoms with Gasteiger partial charge in [-0.3, -0.25) is 14.4 Å². The van der Waals surface area contributed by atoms with Crippen LogP contribution in [0.2, 0.25) is 0 Å². The fourth-order valence-corrected chi connectivity index (χ4v) is 2.99. The molecule has 0 aliphatic carbocycles. The SMILES string of the molecule is O=C(O)CC1(NC(=O)c2ccc(=O)n(-c3ccccc3)n2)CCOCC1. The summed E-state index contributed by atoms with van der Waals surface area (Å²) in [6.45, 7) is 0.759. The smallest absolute Gasteiger partial charge is 0.305 e. The van der Waals surface area contributed by atoms with Gasteiger partial charge in [-0.1, -0.05) is 18.2 Å². The first-order chi connectivity index (χ1) is 12.5. The van der Waals surface area contributed by atoms with Gasteiger partial charge in [-0.15, -0.1) is 0 Å². The van der Waals surface area contributed by atoms with Crippen LogP contribution in [-0.2, 0) is 9.53 Å². The largest absolute Gasteiger partial charge is 0.481 e. The van der Waals surface area contributed by atoms with E-state index in [1.807, 2.05) is 6.07 Å². The van der Waals surface area contributed by atoms with E-state index in [9.17, 15) is 19.5 Å². The second-order valence-electron chi connectivity index (χ2n) is 6.22. The Hall–Kier alpha value is -3.00. The summed E-state index contributed by atoms with van der Waals surface area (Å²) in [6.07, 6.45) is 0.618. The Bertz CT molecular complexity index is 857. The molecule has 0 saturated carbocycles. The van der Waals surface area contributed by atoms with Crippen molar-refractivity contribution in [3.63, 3.8) is 0 Å². The summed E-state index contributed by atoms with van der Waals surface area (Å²) < 4.78 is 6.42. The van der Waals surface area contributed by atoms with Crippen molar-refractivity contribution in [1.82, 2.24) is 15.1 Å². The summed E-state index contributed by atoms with van der Waals surface area (Å²) in [5.41, 5.74) is -0.654. The molecule has 1 saturated heterocycles. The van der Waals surface area contributed by atoms with Crippen LogP contribution in [0.3, 0.4) is 0 Å². The zero-order valence-electron chi connectivity index (χ0n) is 14.1. The van der Waals surface area contributed by atoms with E-state index in [0.29, 0.717) is 31.7 Å². The molecule has 2 heterocycles. The highest BCUT2D eigenvalue weighted by Gasteiger charge is 2.37. The molecule has 2 aromatic rings. The van der Waals surface area contributed by atoms with Gasteiger partial charge >= 0.3 is 5.97 Å². The number of nitrogens with zero attached hydrogens (tertiary/aromatic N) is 2. The summed E-state index contributed by atoms with van der Waals surface area (Å²) in [7, 11) is 0. The lowest BCUT2D eigenvalue weighted by Crippen LogP contribution is -2.53. The molecule has 1 fully saturated rings. The Kier molecular flexibility index (Phi) is 5.13. The Morgan fingerprint density at radius 1 is 1.15 bits per heavy atom. The number of carbonyl (C=O) groups excluding carboxylic acids is 1. The van der Waals surface area contributed by atoms with Crippen molar-refractivity contribution in [2.24, 2.45) is 0 Å². The summed E-state index contributed by atoms with van der Waals surface area (Å²) in [6, 6.07) is 11.4. The molecular weight excluding hydrogens is 338 g/mol. The van der Waals surface area contributed by atoms with Crippen molar-refractivity contribution in [3.05, 3.63) is 58.5 Å². The molecule has 0 atom stereocenters. The number of carbonyl (C=O) groups is 2. The maximum atomic E-state index is 12.7. The minimum Gasteiger partial charge on any atom is -0.481 e. The van der Waals surface area contributed by atoms with Crippen LogP contribution in [0.5, 0.6) is 0 Å². The number of benzene rings is 1. The van der Waals surface area contributed by atoms with E-state index in [4.69, 9.17) is 4.74 Å². The topological polar surface area (TPSA) is 111 Å². The van der Waals surface area contributed by atoms with Gasteiger partial charge in [0.1, 0.15) is 5.69 Å². The number of amides is 1. The minimum atomic E-state index is -0.991. The number of hydrogen-bond acceptors (Lipinski definition) is 5. The number of ether oxygens (including phenoxy) is 1. The zero-order valence-corrected chi connectivity index (χ0v) is 14.1. The van der Waals surface area contributed by atoms with Gasteiger partial charge in [0.25, 0.3) is 11.5 Å². The fraction of sp³-hybridized carbons (Fsp3) is 0.333. The lowest BCUT2D eigenvalue weighted by atomic mass is 9.86. The normalized spacial score (nSPS) is 16.0. The van der Waals surface area contributed by atoms with Crippen LogP contribution in [0.1, 0.15) is 29.8 Å². The van der Waals surface area contributed by atoms with E-state index in [0.717, 1.165) is 4.68 Å². The van der Waals surface area contributed by atoms with Gasteiger partial charge in [0.15, 0.2) is 0 Å². The molecule has 1 aliphatic heterocycles. The van der Waals surface area contributed by atoms with E-state index in [2.05, 4.69) is 10.4 Å². The lowest BCUT2D eigenvalue weighted by Gasteiger charge is -2.36. The molecule has 2 N–H and O–H groups in total. The van der Waals surface area contributed by atoms with E-state index < -0.39 is 17.4 Å². The molecule has 1 aromatic carbocycles. The number of nitrogens with one attached hydrogen (secondary N) is 1. The Morgan fingerprint density at radius 2 is 1.85 bits per heavy atom. The highest BCUT2D eigenvalue weighted by Crippen LogP contribution is 2.25. The van der Waals surface area contributed by atoms with Crippen LogP contribution in [-0.4, -0.2) is 45.5 Å². The van der Waals surface area contributed by atoms with Crippen molar-refractivity contribution in [1.29, 1.82) is 0 Å². The predicted molar refractivity (Wildman–Crippen MR) is 92.3 cm³/mol. The number of para-hydroxylation sites is 1. The van der Waals surface area contributed by atoms with Crippen molar-refractivity contribution in [2.75, 3.05) is 13.2 Å². The summed E-state index contributed by atoms with van der Waals surface area (Å²) in [4.78, 5) is 36.0. The van der Waals surface area contributed by atoms with Gasteiger partial charge in [-0.25, -0.2) is 0 Å². The first-order valence-electron chi connectivity index (χ1n) is 8.27. The summed E-state index contributed by atoms with van der Waals surface area (Å²) >= 11 is 0. The summed E-state index contributed by atoms with van der Waals surface area (Å²) in [5.74, 6) is -1.51. The van der Waals surface area contributed by atoms with Crippen LogP contribution in [0.25, 0.3) is 5.69 Å². The molecule has 8 heteroatoms. The third kappa shape index (κ3) is 3.97. The standard InChI is InChI=1S/C18H19N3O5/c22-15-7-6-14(20-21(15)13-4-2-1-3-5-13)17(25)19-18(12-16(23)24)8-10-26-11-9-18/h1-7H,8-12H2,(H,19,25)(H,23,24). The molecule has 1 amide bonds. The maximum Gasteiger partial charge on any atom is 0.305 e. The molecule has 0 unspecified atom stereocenters. The van der Waals surface area contributed by atoms with Crippen LogP contribution in [0.15, 0.2) is 47.3 Å². The van der Waals surface area contributed by atoms with E-state index >= 15 is 0 Å². The zero-order chi connectivity index (χ0) is 18.6. The lowest BCUT2D eigenvalue weighted by molar-refractivity contribution is -0.139. The molecule has 26 heavy (non-hydrogen) atoms. The first-order valence-corrected chi connectivity index (χ1v) is 8.27. The third-order valence-electron chi connectivity index (χ3n) is 4.35. The van der Waals surface area contributed by atoms with E-state index in [1.54, 1.807) is 24.3 Å². The van der Waals surface area contributed by atoms with Crippen molar-refractivity contribution >= 4 is 11.9 Å². The molecule has 0 bridgehead atoms. The fourth-order valence-electron chi connectivity index (χ4n) is 2.99. The second kappa shape index (κ2) is 7.49. The van der Waals surface area contributed by atoms with Crippen molar-refractivity contribution in [2.45, 2.75) is 24.8 Å². The van der Waals surface area contributed by atoms with Crippen LogP contribution >= 0.6 is 0 Å². The summed E-state index contributed by atoms with van der Waals surface area (Å²) in [5, 5.41) is 16.1. The number of hydrogen-bond donors (Lipinski definition) is 2. The molecule has 8 nitrogen and oxygen atoms in total. The monoisotopic (exact) mass is 357 g/mol. The predicted octanol–water partition coefficient (Wildman–Crippen LogP) is 0.986.